The van der Waals surface area contributed by atoms with Gasteiger partial charge in [0.05, 0.1) is 5.75 Å². The molecule has 0 aromatic heterocycles. The lowest BCUT2D eigenvalue weighted by Crippen LogP contribution is -2.53. The third-order valence-electron chi connectivity index (χ3n) is 5.39. The monoisotopic (exact) mass is 466 g/mol. The van der Waals surface area contributed by atoms with Gasteiger partial charge in [0.2, 0.25) is 5.91 Å². The highest BCUT2D eigenvalue weighted by Crippen LogP contribution is 2.42. The molecule has 3 unspecified atom stereocenters. The average Bonchev–Trinajstić information content (AvgIpc) is 3.08. The lowest BCUT2D eigenvalue weighted by Gasteiger charge is -2.43. The summed E-state index contributed by atoms with van der Waals surface area (Å²) in [5.41, 5.74) is 1.04. The molecule has 2 aromatic carbocycles. The molecule has 0 radical (unpaired) electrons. The zero-order valence-electron chi connectivity index (χ0n) is 17.8. The first kappa shape index (κ1) is 23.3. The molecule has 1 amide bonds. The van der Waals surface area contributed by atoms with Gasteiger partial charge in [-0.3, -0.25) is 9.80 Å². The van der Waals surface area contributed by atoms with Crippen molar-refractivity contribution < 1.29 is 9.53 Å². The molecule has 4 nitrogen and oxygen atoms in total. The lowest BCUT2D eigenvalue weighted by molar-refractivity contribution is -0.157. The predicted molar refractivity (Wildman–Crippen MR) is 126 cm³/mol. The largest absolute Gasteiger partial charge is 0.457 e. The maximum Gasteiger partial charge on any atom is 0.248 e. The van der Waals surface area contributed by atoms with Crippen molar-refractivity contribution in [2.24, 2.45) is 0 Å². The van der Waals surface area contributed by atoms with E-state index in [4.69, 9.17) is 27.9 Å². The molecule has 1 heterocycles. The minimum Gasteiger partial charge on any atom is -0.457 e. The SMILES string of the molecule is CCC(C)N(C(C)CC)N1C(=O)CSC1c1cccc(Oc2cc(Cl)cc(Cl)c2)c1. The van der Waals surface area contributed by atoms with Gasteiger partial charge in [-0.15, -0.1) is 11.8 Å². The highest BCUT2D eigenvalue weighted by molar-refractivity contribution is 8.00. The van der Waals surface area contributed by atoms with Crippen LogP contribution in [0.25, 0.3) is 0 Å². The Balaban J connectivity index is 1.90. The molecule has 0 saturated carbocycles. The summed E-state index contributed by atoms with van der Waals surface area (Å²) in [5.74, 6) is 1.89. The molecule has 1 aliphatic heterocycles. The molecule has 1 aliphatic rings. The Morgan fingerprint density at radius 3 is 2.30 bits per heavy atom. The van der Waals surface area contributed by atoms with Crippen LogP contribution in [0, 0.1) is 0 Å². The van der Waals surface area contributed by atoms with Crippen LogP contribution in [0.2, 0.25) is 10.0 Å². The number of carbonyl (C=O) groups is 1. The Kier molecular flexibility index (Phi) is 7.97. The second-order valence-electron chi connectivity index (χ2n) is 7.58. The Hall–Kier alpha value is -1.40. The normalized spacial score (nSPS) is 18.7. The third-order valence-corrected chi connectivity index (χ3v) is 7.03. The number of amides is 1. The number of nitrogens with zero attached hydrogens (tertiary/aromatic N) is 2. The van der Waals surface area contributed by atoms with Crippen LogP contribution in [0.3, 0.4) is 0 Å². The predicted octanol–water partition coefficient (Wildman–Crippen LogP) is 7.17. The number of hydrazine groups is 1. The van der Waals surface area contributed by atoms with Gasteiger partial charge in [0.15, 0.2) is 0 Å². The van der Waals surface area contributed by atoms with Crippen LogP contribution >= 0.6 is 35.0 Å². The van der Waals surface area contributed by atoms with E-state index >= 15 is 0 Å². The van der Waals surface area contributed by atoms with Crippen molar-refractivity contribution in [3.63, 3.8) is 0 Å². The number of carbonyl (C=O) groups excluding carboxylic acids is 1. The first-order valence-corrected chi connectivity index (χ1v) is 12.1. The summed E-state index contributed by atoms with van der Waals surface area (Å²) >= 11 is 13.8. The Morgan fingerprint density at radius 2 is 1.70 bits per heavy atom. The van der Waals surface area contributed by atoms with E-state index in [0.29, 0.717) is 27.3 Å². The Bertz CT molecular complexity index is 865. The van der Waals surface area contributed by atoms with Crippen LogP contribution in [0.1, 0.15) is 51.5 Å². The van der Waals surface area contributed by atoms with Crippen molar-refractivity contribution in [3.8, 4) is 11.5 Å². The van der Waals surface area contributed by atoms with Gasteiger partial charge in [-0.05, 0) is 62.6 Å². The molecule has 2 aromatic rings. The van der Waals surface area contributed by atoms with Gasteiger partial charge in [-0.1, -0.05) is 49.2 Å². The molecule has 0 aliphatic carbocycles. The van der Waals surface area contributed by atoms with Crippen molar-refractivity contribution in [2.75, 3.05) is 5.75 Å². The van der Waals surface area contributed by atoms with Crippen LogP contribution < -0.4 is 4.74 Å². The molecule has 30 heavy (non-hydrogen) atoms. The van der Waals surface area contributed by atoms with Crippen molar-refractivity contribution in [1.82, 2.24) is 10.0 Å². The lowest BCUT2D eigenvalue weighted by atomic mass is 10.1. The Labute approximate surface area is 193 Å². The summed E-state index contributed by atoms with van der Waals surface area (Å²) in [7, 11) is 0. The van der Waals surface area contributed by atoms with E-state index in [2.05, 4.69) is 32.7 Å². The van der Waals surface area contributed by atoms with Gasteiger partial charge in [0.25, 0.3) is 0 Å². The molecular weight excluding hydrogens is 439 g/mol. The van der Waals surface area contributed by atoms with E-state index in [-0.39, 0.29) is 23.4 Å². The Morgan fingerprint density at radius 1 is 1.07 bits per heavy atom. The van der Waals surface area contributed by atoms with Gasteiger partial charge in [0, 0.05) is 22.1 Å². The second-order valence-corrected chi connectivity index (χ2v) is 9.52. The van der Waals surface area contributed by atoms with Crippen LogP contribution in [0.4, 0.5) is 0 Å². The number of thioether (sulfide) groups is 1. The summed E-state index contributed by atoms with van der Waals surface area (Å²) in [4.78, 5) is 12.9. The van der Waals surface area contributed by atoms with Gasteiger partial charge >= 0.3 is 0 Å². The van der Waals surface area contributed by atoms with Crippen molar-refractivity contribution in [3.05, 3.63) is 58.1 Å². The average molecular weight is 467 g/mol. The fourth-order valence-electron chi connectivity index (χ4n) is 3.59. The molecule has 3 rings (SSSR count). The minimum absolute atomic E-state index is 0.0769. The molecule has 162 valence electrons. The number of hydrogen-bond acceptors (Lipinski definition) is 4. The van der Waals surface area contributed by atoms with Crippen LogP contribution in [0.15, 0.2) is 42.5 Å². The van der Waals surface area contributed by atoms with Gasteiger partial charge in [-0.2, -0.15) is 0 Å². The molecule has 0 spiro atoms. The zero-order valence-corrected chi connectivity index (χ0v) is 20.1. The molecule has 1 fully saturated rings. The van der Waals surface area contributed by atoms with E-state index < -0.39 is 0 Å². The fourth-order valence-corrected chi connectivity index (χ4v) is 5.24. The van der Waals surface area contributed by atoms with Crippen molar-refractivity contribution in [1.29, 1.82) is 0 Å². The standard InChI is InChI=1S/C23H28Cl2N2O2S/c1-5-15(3)26(16(4)6-2)27-22(28)14-30-23(27)17-8-7-9-20(10-17)29-21-12-18(24)11-19(25)13-21/h7-13,15-16,23H,5-6,14H2,1-4H3. The maximum atomic E-state index is 12.9. The third kappa shape index (κ3) is 5.25. The van der Waals surface area contributed by atoms with Crippen LogP contribution in [-0.2, 0) is 4.79 Å². The molecule has 0 bridgehead atoms. The molecule has 0 N–H and O–H groups in total. The fraction of sp³-hybridized carbons (Fsp3) is 0.435. The number of halogens is 2. The second kappa shape index (κ2) is 10.3. The van der Waals surface area contributed by atoms with E-state index in [1.54, 1.807) is 30.0 Å². The number of benzene rings is 2. The highest BCUT2D eigenvalue weighted by atomic mass is 35.5. The van der Waals surface area contributed by atoms with E-state index in [9.17, 15) is 4.79 Å². The van der Waals surface area contributed by atoms with Crippen molar-refractivity contribution in [2.45, 2.75) is 58.0 Å². The van der Waals surface area contributed by atoms with Crippen LogP contribution in [0.5, 0.6) is 11.5 Å². The summed E-state index contributed by atoms with van der Waals surface area (Å²) in [5, 5.41) is 5.19. The topological polar surface area (TPSA) is 32.8 Å². The number of ether oxygens (including phenoxy) is 1. The van der Waals surface area contributed by atoms with Crippen LogP contribution in [-0.4, -0.2) is 33.8 Å². The smallest absolute Gasteiger partial charge is 0.248 e. The molecule has 7 heteroatoms. The molecule has 3 atom stereocenters. The summed E-state index contributed by atoms with van der Waals surface area (Å²) < 4.78 is 6.00. The van der Waals surface area contributed by atoms with E-state index in [0.717, 1.165) is 18.4 Å². The van der Waals surface area contributed by atoms with Gasteiger partial charge in [0.1, 0.15) is 16.9 Å². The zero-order chi connectivity index (χ0) is 21.8. The van der Waals surface area contributed by atoms with Crippen molar-refractivity contribution >= 4 is 40.9 Å². The summed E-state index contributed by atoms with van der Waals surface area (Å²) in [6.45, 7) is 8.68. The van der Waals surface area contributed by atoms with Gasteiger partial charge in [-0.25, -0.2) is 5.01 Å². The molecular formula is C23H28Cl2N2O2S. The van der Waals surface area contributed by atoms with E-state index in [1.807, 2.05) is 29.3 Å². The number of hydrogen-bond donors (Lipinski definition) is 0. The first-order valence-electron chi connectivity index (χ1n) is 10.3. The molecule has 1 saturated heterocycles. The summed E-state index contributed by atoms with van der Waals surface area (Å²) in [6, 6.07) is 13.6. The summed E-state index contributed by atoms with van der Waals surface area (Å²) in [6.07, 6.45) is 1.95. The highest BCUT2D eigenvalue weighted by Gasteiger charge is 2.40. The van der Waals surface area contributed by atoms with E-state index in [1.165, 1.54) is 0 Å². The maximum absolute atomic E-state index is 12.9. The minimum atomic E-state index is -0.0769. The van der Waals surface area contributed by atoms with Gasteiger partial charge < -0.3 is 4.74 Å². The first-order chi connectivity index (χ1) is 14.3. The quantitative estimate of drug-likeness (QED) is 0.412. The number of rotatable bonds is 8.